The fraction of sp³-hybridized carbons (Fsp3) is 0.207. The summed E-state index contributed by atoms with van der Waals surface area (Å²) in [6.07, 6.45) is 1.63. The maximum atomic E-state index is 12.9. The van der Waals surface area contributed by atoms with Gasteiger partial charge in [0.05, 0.1) is 18.1 Å². The zero-order chi connectivity index (χ0) is 27.8. The van der Waals surface area contributed by atoms with Gasteiger partial charge in [0.2, 0.25) is 0 Å². The Morgan fingerprint density at radius 3 is 2.44 bits per heavy atom. The summed E-state index contributed by atoms with van der Waals surface area (Å²) in [5, 5.41) is 2.95. The first kappa shape index (κ1) is 28.1. The Bertz CT molecular complexity index is 1380. The van der Waals surface area contributed by atoms with Crippen molar-refractivity contribution in [2.75, 3.05) is 31.7 Å². The highest BCUT2D eigenvalue weighted by molar-refractivity contribution is 8.18. The minimum atomic E-state index is -0.380. The molecule has 10 heteroatoms. The van der Waals surface area contributed by atoms with Crippen LogP contribution in [-0.4, -0.2) is 48.3 Å². The van der Waals surface area contributed by atoms with Crippen molar-refractivity contribution in [1.82, 2.24) is 4.90 Å². The first-order chi connectivity index (χ1) is 18.8. The van der Waals surface area contributed by atoms with E-state index in [1.165, 1.54) is 4.90 Å². The molecule has 0 saturated carbocycles. The van der Waals surface area contributed by atoms with Crippen molar-refractivity contribution in [3.05, 3.63) is 87.8 Å². The number of anilines is 1. The molecule has 0 radical (unpaired) electrons. The van der Waals surface area contributed by atoms with Crippen LogP contribution in [0.1, 0.15) is 18.1 Å². The van der Waals surface area contributed by atoms with Crippen molar-refractivity contribution in [2.45, 2.75) is 13.8 Å². The van der Waals surface area contributed by atoms with Gasteiger partial charge in [-0.1, -0.05) is 35.4 Å². The molecule has 8 nitrogen and oxygen atoms in total. The highest BCUT2D eigenvalue weighted by Crippen LogP contribution is 2.34. The quantitative estimate of drug-likeness (QED) is 0.277. The molecule has 4 rings (SSSR count). The number of amides is 3. The molecule has 1 N–H and O–H groups in total. The van der Waals surface area contributed by atoms with E-state index in [1.54, 1.807) is 48.5 Å². The summed E-state index contributed by atoms with van der Waals surface area (Å²) in [6.45, 7) is 4.29. The SMILES string of the molecule is CCOc1cc(/C=C2\SC(=O)N(CCOc3ccc(C)cc3)C2=O)ccc1OCC(=O)Nc1ccc(Cl)cc1. The third-order valence-electron chi connectivity index (χ3n) is 5.53. The summed E-state index contributed by atoms with van der Waals surface area (Å²) in [7, 11) is 0. The maximum absolute atomic E-state index is 12.9. The molecule has 0 bridgehead atoms. The summed E-state index contributed by atoms with van der Waals surface area (Å²) < 4.78 is 17.0. The van der Waals surface area contributed by atoms with Gasteiger partial charge in [0.1, 0.15) is 12.4 Å². The lowest BCUT2D eigenvalue weighted by molar-refractivity contribution is -0.123. The van der Waals surface area contributed by atoms with Crippen molar-refractivity contribution in [3.8, 4) is 17.2 Å². The van der Waals surface area contributed by atoms with Gasteiger partial charge in [-0.05, 0) is 85.8 Å². The molecule has 0 aromatic heterocycles. The number of carbonyl (C=O) groups is 3. The second kappa shape index (κ2) is 13.2. The van der Waals surface area contributed by atoms with E-state index in [1.807, 2.05) is 38.1 Å². The summed E-state index contributed by atoms with van der Waals surface area (Å²) in [6, 6.07) is 19.4. The van der Waals surface area contributed by atoms with E-state index in [0.29, 0.717) is 45.0 Å². The number of aryl methyl sites for hydroxylation is 1. The molecule has 0 aliphatic carbocycles. The zero-order valence-electron chi connectivity index (χ0n) is 21.4. The molecule has 1 aliphatic rings. The number of hydrogen-bond acceptors (Lipinski definition) is 7. The van der Waals surface area contributed by atoms with Gasteiger partial charge < -0.3 is 19.5 Å². The Morgan fingerprint density at radius 1 is 0.974 bits per heavy atom. The topological polar surface area (TPSA) is 94.2 Å². The number of ether oxygens (including phenoxy) is 3. The van der Waals surface area contributed by atoms with Crippen LogP contribution in [0.2, 0.25) is 5.02 Å². The minimum absolute atomic E-state index is 0.144. The van der Waals surface area contributed by atoms with Crippen LogP contribution >= 0.6 is 23.4 Å². The molecular formula is C29H27ClN2O6S. The number of benzene rings is 3. The van der Waals surface area contributed by atoms with Crippen LogP contribution in [0.15, 0.2) is 71.6 Å². The normalized spacial score (nSPS) is 14.0. The molecule has 202 valence electrons. The van der Waals surface area contributed by atoms with Crippen molar-refractivity contribution < 1.29 is 28.6 Å². The van der Waals surface area contributed by atoms with Gasteiger partial charge >= 0.3 is 0 Å². The Kier molecular flexibility index (Phi) is 9.51. The fourth-order valence-corrected chi connectivity index (χ4v) is 4.60. The molecule has 39 heavy (non-hydrogen) atoms. The molecule has 3 amide bonds. The largest absolute Gasteiger partial charge is 0.492 e. The van der Waals surface area contributed by atoms with Crippen molar-refractivity contribution in [3.63, 3.8) is 0 Å². The van der Waals surface area contributed by atoms with Gasteiger partial charge in [-0.3, -0.25) is 19.3 Å². The predicted octanol–water partition coefficient (Wildman–Crippen LogP) is 6.18. The van der Waals surface area contributed by atoms with Crippen LogP contribution in [0.5, 0.6) is 17.2 Å². The second-order valence-electron chi connectivity index (χ2n) is 8.48. The van der Waals surface area contributed by atoms with E-state index in [-0.39, 0.29) is 36.8 Å². The van der Waals surface area contributed by atoms with Gasteiger partial charge in [-0.2, -0.15) is 0 Å². The van der Waals surface area contributed by atoms with Crippen LogP contribution in [0, 0.1) is 6.92 Å². The Labute approximate surface area is 235 Å². The van der Waals surface area contributed by atoms with Crippen molar-refractivity contribution in [1.29, 1.82) is 0 Å². The number of hydrogen-bond donors (Lipinski definition) is 1. The highest BCUT2D eigenvalue weighted by Gasteiger charge is 2.34. The van der Waals surface area contributed by atoms with Gasteiger partial charge in [0.25, 0.3) is 17.1 Å². The third-order valence-corrected chi connectivity index (χ3v) is 6.69. The summed E-state index contributed by atoms with van der Waals surface area (Å²) in [5.41, 5.74) is 2.37. The summed E-state index contributed by atoms with van der Waals surface area (Å²) >= 11 is 6.74. The maximum Gasteiger partial charge on any atom is 0.293 e. The van der Waals surface area contributed by atoms with E-state index in [4.69, 9.17) is 25.8 Å². The van der Waals surface area contributed by atoms with Gasteiger partial charge in [0, 0.05) is 10.7 Å². The van der Waals surface area contributed by atoms with Gasteiger partial charge in [0.15, 0.2) is 18.1 Å². The number of halogens is 1. The molecule has 1 heterocycles. The Hall–Kier alpha value is -3.95. The van der Waals surface area contributed by atoms with E-state index < -0.39 is 0 Å². The standard InChI is InChI=1S/C29H27ClN2O6S/c1-3-36-25-16-20(6-13-24(25)38-18-27(33)31-22-9-7-21(30)8-10-22)17-26-28(34)32(29(35)39-26)14-15-37-23-11-4-19(2)5-12-23/h4-13,16-17H,3,14-15,18H2,1-2H3,(H,31,33)/b26-17-. The number of nitrogens with zero attached hydrogens (tertiary/aromatic N) is 1. The molecule has 1 fully saturated rings. The highest BCUT2D eigenvalue weighted by atomic mass is 35.5. The first-order valence-corrected chi connectivity index (χ1v) is 13.4. The summed E-state index contributed by atoms with van der Waals surface area (Å²) in [5.74, 6) is 0.743. The average molecular weight is 567 g/mol. The first-order valence-electron chi connectivity index (χ1n) is 12.2. The fourth-order valence-electron chi connectivity index (χ4n) is 3.61. The van der Waals surface area contributed by atoms with Crippen LogP contribution < -0.4 is 19.5 Å². The number of thioether (sulfide) groups is 1. The monoisotopic (exact) mass is 566 g/mol. The van der Waals surface area contributed by atoms with E-state index in [0.717, 1.165) is 17.3 Å². The lowest BCUT2D eigenvalue weighted by atomic mass is 10.2. The molecule has 3 aromatic rings. The molecule has 0 unspecified atom stereocenters. The number of nitrogens with one attached hydrogen (secondary N) is 1. The van der Waals surface area contributed by atoms with Crippen LogP contribution in [0.25, 0.3) is 6.08 Å². The average Bonchev–Trinajstić information content (AvgIpc) is 3.18. The molecular weight excluding hydrogens is 540 g/mol. The van der Waals surface area contributed by atoms with E-state index in [2.05, 4.69) is 5.32 Å². The molecule has 0 atom stereocenters. The van der Waals surface area contributed by atoms with Crippen LogP contribution in [0.3, 0.4) is 0 Å². The van der Waals surface area contributed by atoms with Gasteiger partial charge in [-0.25, -0.2) is 0 Å². The minimum Gasteiger partial charge on any atom is -0.492 e. The number of carbonyl (C=O) groups excluding carboxylic acids is 3. The Morgan fingerprint density at radius 2 is 1.72 bits per heavy atom. The molecule has 1 aliphatic heterocycles. The predicted molar refractivity (Wildman–Crippen MR) is 153 cm³/mol. The third kappa shape index (κ3) is 7.78. The van der Waals surface area contributed by atoms with Gasteiger partial charge in [-0.15, -0.1) is 0 Å². The zero-order valence-corrected chi connectivity index (χ0v) is 23.0. The molecule has 3 aromatic carbocycles. The van der Waals surface area contributed by atoms with Crippen LogP contribution in [-0.2, 0) is 9.59 Å². The number of rotatable bonds is 11. The summed E-state index contributed by atoms with van der Waals surface area (Å²) in [4.78, 5) is 39.1. The van der Waals surface area contributed by atoms with E-state index in [9.17, 15) is 14.4 Å². The lowest BCUT2D eigenvalue weighted by Crippen LogP contribution is -2.32. The van der Waals surface area contributed by atoms with Crippen molar-refractivity contribution >= 4 is 52.2 Å². The van der Waals surface area contributed by atoms with E-state index >= 15 is 0 Å². The lowest BCUT2D eigenvalue weighted by Gasteiger charge is -2.13. The second-order valence-corrected chi connectivity index (χ2v) is 9.91. The van der Waals surface area contributed by atoms with Crippen molar-refractivity contribution in [2.24, 2.45) is 0 Å². The van der Waals surface area contributed by atoms with Crippen LogP contribution in [0.4, 0.5) is 10.5 Å². The smallest absolute Gasteiger partial charge is 0.293 e. The Balaban J connectivity index is 1.37. The number of imide groups is 1. The molecule has 0 spiro atoms. The molecule has 1 saturated heterocycles.